The van der Waals surface area contributed by atoms with E-state index in [0.29, 0.717) is 6.04 Å². The Hall–Kier alpha value is -0.720. The molecule has 1 fully saturated rings. The first-order valence-electron chi connectivity index (χ1n) is 7.35. The molecule has 0 saturated heterocycles. The van der Waals surface area contributed by atoms with Crippen LogP contribution in [0.15, 0.2) is 29.2 Å². The molecule has 0 amide bonds. The molecule has 0 heterocycles. The van der Waals surface area contributed by atoms with Gasteiger partial charge in [-0.05, 0) is 68.7 Å². The molecule has 1 saturated carbocycles. The van der Waals surface area contributed by atoms with E-state index in [1.807, 2.05) is 20.2 Å². The van der Waals surface area contributed by atoms with E-state index in [0.717, 1.165) is 24.8 Å². The standard InChI is InChI=1S/C16H22F3NOS/c1-20(2)14-10-12(7-8-15(14)21-3)11-5-4-6-13(9-11)22-16(17,18)19/h4-6,9,12,14-15H,7-8,10H2,1-3H3/t12-,14-,15-/m0/s1. The molecule has 0 bridgehead atoms. The molecule has 0 spiro atoms. The third-order valence-corrected chi connectivity index (χ3v) is 5.01. The zero-order valence-electron chi connectivity index (χ0n) is 13.1. The number of nitrogens with zero attached hydrogens (tertiary/aromatic N) is 1. The van der Waals surface area contributed by atoms with Crippen molar-refractivity contribution in [3.63, 3.8) is 0 Å². The highest BCUT2D eigenvalue weighted by Crippen LogP contribution is 2.40. The van der Waals surface area contributed by atoms with Gasteiger partial charge in [0.05, 0.1) is 6.10 Å². The number of likely N-dealkylation sites (N-methyl/N-ethyl adjacent to an activating group) is 1. The second-order valence-corrected chi connectivity index (χ2v) is 7.07. The van der Waals surface area contributed by atoms with Crippen LogP contribution in [0.2, 0.25) is 0 Å². The van der Waals surface area contributed by atoms with E-state index in [2.05, 4.69) is 4.90 Å². The summed E-state index contributed by atoms with van der Waals surface area (Å²) < 4.78 is 43.1. The molecule has 6 heteroatoms. The highest BCUT2D eigenvalue weighted by Gasteiger charge is 2.33. The number of thioether (sulfide) groups is 1. The Kier molecular flexibility index (Phi) is 5.80. The Morgan fingerprint density at radius 3 is 2.55 bits per heavy atom. The van der Waals surface area contributed by atoms with Crippen LogP contribution in [0, 0.1) is 0 Å². The zero-order valence-corrected chi connectivity index (χ0v) is 13.9. The van der Waals surface area contributed by atoms with Gasteiger partial charge in [0.1, 0.15) is 0 Å². The third kappa shape index (κ3) is 4.64. The van der Waals surface area contributed by atoms with Gasteiger partial charge in [-0.1, -0.05) is 12.1 Å². The summed E-state index contributed by atoms with van der Waals surface area (Å²) in [4.78, 5) is 2.41. The van der Waals surface area contributed by atoms with E-state index in [9.17, 15) is 13.2 Å². The minimum absolute atomic E-state index is 0.0441. The number of methoxy groups -OCH3 is 1. The predicted molar refractivity (Wildman–Crippen MR) is 83.2 cm³/mol. The summed E-state index contributed by atoms with van der Waals surface area (Å²) in [7, 11) is 5.77. The van der Waals surface area contributed by atoms with Gasteiger partial charge in [-0.3, -0.25) is 0 Å². The maximum Gasteiger partial charge on any atom is 0.446 e. The summed E-state index contributed by atoms with van der Waals surface area (Å²) >= 11 is -0.0441. The number of alkyl halides is 3. The minimum Gasteiger partial charge on any atom is -0.380 e. The van der Waals surface area contributed by atoms with Gasteiger partial charge in [-0.15, -0.1) is 0 Å². The fraction of sp³-hybridized carbons (Fsp3) is 0.625. The van der Waals surface area contributed by atoms with Gasteiger partial charge in [0.2, 0.25) is 0 Å². The van der Waals surface area contributed by atoms with Gasteiger partial charge < -0.3 is 9.64 Å². The van der Waals surface area contributed by atoms with Crippen molar-refractivity contribution in [1.29, 1.82) is 0 Å². The first kappa shape index (κ1) is 17.6. The van der Waals surface area contributed by atoms with Gasteiger partial charge in [-0.2, -0.15) is 13.2 Å². The highest BCUT2D eigenvalue weighted by molar-refractivity contribution is 8.00. The third-order valence-electron chi connectivity index (χ3n) is 4.28. The molecule has 1 aromatic carbocycles. The number of benzene rings is 1. The van der Waals surface area contributed by atoms with Crippen LogP contribution in [0.5, 0.6) is 0 Å². The minimum atomic E-state index is -4.24. The molecule has 3 atom stereocenters. The van der Waals surface area contributed by atoms with E-state index >= 15 is 0 Å². The Morgan fingerprint density at radius 1 is 1.23 bits per heavy atom. The van der Waals surface area contributed by atoms with Crippen LogP contribution in [0.1, 0.15) is 30.7 Å². The molecule has 1 aromatic rings. The molecule has 0 unspecified atom stereocenters. The highest BCUT2D eigenvalue weighted by atomic mass is 32.2. The predicted octanol–water partition coefficient (Wildman–Crippen LogP) is 4.51. The molecule has 0 N–H and O–H groups in total. The van der Waals surface area contributed by atoms with Crippen molar-refractivity contribution in [3.05, 3.63) is 29.8 Å². The molecule has 1 aliphatic rings. The van der Waals surface area contributed by atoms with Crippen LogP contribution < -0.4 is 0 Å². The van der Waals surface area contributed by atoms with Gasteiger partial charge >= 0.3 is 5.51 Å². The lowest BCUT2D eigenvalue weighted by atomic mass is 9.79. The molecule has 0 aliphatic heterocycles. The lowest BCUT2D eigenvalue weighted by molar-refractivity contribution is -0.0328. The molecule has 2 rings (SSSR count). The fourth-order valence-electron chi connectivity index (χ4n) is 3.21. The van der Waals surface area contributed by atoms with Gasteiger partial charge in [0.25, 0.3) is 0 Å². The first-order valence-corrected chi connectivity index (χ1v) is 8.16. The summed E-state index contributed by atoms with van der Waals surface area (Å²) in [6.07, 6.45) is 2.98. The topological polar surface area (TPSA) is 12.5 Å². The Morgan fingerprint density at radius 2 is 1.95 bits per heavy atom. The van der Waals surface area contributed by atoms with Gasteiger partial charge in [0, 0.05) is 18.0 Å². The second kappa shape index (κ2) is 7.23. The quantitative estimate of drug-likeness (QED) is 0.752. The SMILES string of the molecule is CO[C@H]1CC[C@H](c2cccc(SC(F)(F)F)c2)C[C@@H]1N(C)C. The van der Waals surface area contributed by atoms with Crippen molar-refractivity contribution in [1.82, 2.24) is 4.90 Å². The van der Waals surface area contributed by atoms with Gasteiger partial charge in [0.15, 0.2) is 0 Å². The van der Waals surface area contributed by atoms with Crippen LogP contribution >= 0.6 is 11.8 Å². The molecule has 0 radical (unpaired) electrons. The molecular formula is C16H22F3NOS. The number of ether oxygens (including phenoxy) is 1. The van der Waals surface area contributed by atoms with E-state index in [4.69, 9.17) is 4.74 Å². The number of halogens is 3. The summed E-state index contributed by atoms with van der Waals surface area (Å²) in [5, 5.41) is 0. The smallest absolute Gasteiger partial charge is 0.380 e. The molecule has 2 nitrogen and oxygen atoms in total. The van der Waals surface area contributed by atoms with Crippen molar-refractivity contribution in [2.75, 3.05) is 21.2 Å². The van der Waals surface area contributed by atoms with Crippen LogP contribution in [-0.4, -0.2) is 43.8 Å². The van der Waals surface area contributed by atoms with Crippen LogP contribution in [0.4, 0.5) is 13.2 Å². The maximum absolute atomic E-state index is 12.5. The summed E-state index contributed by atoms with van der Waals surface area (Å²) in [5.41, 5.74) is -3.24. The molecule has 22 heavy (non-hydrogen) atoms. The Balaban J connectivity index is 2.13. The average molecular weight is 333 g/mol. The van der Waals surface area contributed by atoms with Crippen molar-refractivity contribution in [2.45, 2.75) is 47.7 Å². The average Bonchev–Trinajstić information content (AvgIpc) is 2.45. The van der Waals surface area contributed by atoms with Crippen molar-refractivity contribution in [2.24, 2.45) is 0 Å². The van der Waals surface area contributed by atoms with E-state index in [1.165, 1.54) is 6.07 Å². The normalized spacial score (nSPS) is 26.4. The van der Waals surface area contributed by atoms with E-state index < -0.39 is 5.51 Å². The zero-order chi connectivity index (χ0) is 16.3. The van der Waals surface area contributed by atoms with E-state index in [-0.39, 0.29) is 28.7 Å². The lowest BCUT2D eigenvalue weighted by Gasteiger charge is -2.39. The lowest BCUT2D eigenvalue weighted by Crippen LogP contribution is -2.44. The Labute approximate surface area is 134 Å². The Bertz CT molecular complexity index is 493. The van der Waals surface area contributed by atoms with Crippen LogP contribution in [0.3, 0.4) is 0 Å². The van der Waals surface area contributed by atoms with Crippen LogP contribution in [0.25, 0.3) is 0 Å². The van der Waals surface area contributed by atoms with Crippen molar-refractivity contribution >= 4 is 11.8 Å². The maximum atomic E-state index is 12.5. The summed E-state index contributed by atoms with van der Waals surface area (Å²) in [6.45, 7) is 0. The van der Waals surface area contributed by atoms with Crippen molar-refractivity contribution in [3.8, 4) is 0 Å². The first-order chi connectivity index (χ1) is 10.3. The molecule has 1 aliphatic carbocycles. The number of rotatable bonds is 4. The number of hydrogen-bond donors (Lipinski definition) is 0. The summed E-state index contributed by atoms with van der Waals surface area (Å²) in [6, 6.07) is 7.15. The van der Waals surface area contributed by atoms with Crippen molar-refractivity contribution < 1.29 is 17.9 Å². The number of hydrogen-bond acceptors (Lipinski definition) is 3. The molecule has 0 aromatic heterocycles. The van der Waals surface area contributed by atoms with E-state index in [1.54, 1.807) is 19.2 Å². The second-order valence-electron chi connectivity index (χ2n) is 5.94. The largest absolute Gasteiger partial charge is 0.446 e. The molecule has 124 valence electrons. The summed E-state index contributed by atoms with van der Waals surface area (Å²) in [5.74, 6) is 0.285. The fourth-order valence-corrected chi connectivity index (χ4v) is 3.81. The molecular weight excluding hydrogens is 311 g/mol. The van der Waals surface area contributed by atoms with Gasteiger partial charge in [-0.25, -0.2) is 0 Å². The van der Waals surface area contributed by atoms with Crippen LogP contribution in [-0.2, 0) is 4.74 Å². The monoisotopic (exact) mass is 333 g/mol.